The van der Waals surface area contributed by atoms with Crippen molar-refractivity contribution in [1.82, 2.24) is 5.32 Å². The Hall–Kier alpha value is -0.580. The molecule has 0 fully saturated rings. The van der Waals surface area contributed by atoms with E-state index in [4.69, 9.17) is 11.6 Å². The number of rotatable bonds is 5. The molecule has 1 rings (SSSR count). The van der Waals surface area contributed by atoms with E-state index in [0.29, 0.717) is 11.4 Å². The van der Waals surface area contributed by atoms with Crippen LogP contribution in [0.4, 0.5) is 0 Å². The second-order valence-electron chi connectivity index (χ2n) is 4.32. The topological polar surface area (TPSA) is 46.2 Å². The predicted molar refractivity (Wildman–Crippen MR) is 72.3 cm³/mol. The van der Waals surface area contributed by atoms with Gasteiger partial charge in [0.15, 0.2) is 0 Å². The summed E-state index contributed by atoms with van der Waals surface area (Å²) in [6, 6.07) is 5.80. The molecule has 1 N–H and O–H groups in total. The predicted octanol–water partition coefficient (Wildman–Crippen LogP) is 2.34. The van der Waals surface area contributed by atoms with E-state index in [-0.39, 0.29) is 11.8 Å². The van der Waals surface area contributed by atoms with Crippen LogP contribution in [0.1, 0.15) is 23.6 Å². The van der Waals surface area contributed by atoms with Gasteiger partial charge in [0.25, 0.3) is 0 Å². The summed E-state index contributed by atoms with van der Waals surface area (Å²) in [6.45, 7) is 1.97. The quantitative estimate of drug-likeness (QED) is 0.897. The van der Waals surface area contributed by atoms with Crippen molar-refractivity contribution in [3.63, 3.8) is 0 Å². The normalized spacial score (nSPS) is 13.6. The first-order valence-electron chi connectivity index (χ1n) is 5.44. The van der Waals surface area contributed by atoms with Crippen molar-refractivity contribution >= 4 is 21.4 Å². The van der Waals surface area contributed by atoms with Crippen LogP contribution in [-0.4, -0.2) is 27.5 Å². The highest BCUT2D eigenvalue weighted by Gasteiger charge is 2.13. The number of halogens is 1. The molecule has 1 aromatic carbocycles. The van der Waals surface area contributed by atoms with E-state index in [1.54, 1.807) is 0 Å². The maximum absolute atomic E-state index is 11.2. The lowest BCUT2D eigenvalue weighted by atomic mass is 10.0. The molecule has 1 unspecified atom stereocenters. The van der Waals surface area contributed by atoms with Crippen molar-refractivity contribution in [2.24, 2.45) is 0 Å². The minimum Gasteiger partial charge on any atom is -0.313 e. The molecule has 96 valence electrons. The average molecular weight is 276 g/mol. The smallest absolute Gasteiger partial charge is 0.147 e. The van der Waals surface area contributed by atoms with Crippen molar-refractivity contribution in [2.45, 2.75) is 19.4 Å². The van der Waals surface area contributed by atoms with Gasteiger partial charge in [0.1, 0.15) is 9.84 Å². The van der Waals surface area contributed by atoms with Gasteiger partial charge in [0.2, 0.25) is 0 Å². The summed E-state index contributed by atoms with van der Waals surface area (Å²) in [5.74, 6) is 0.171. The maximum Gasteiger partial charge on any atom is 0.147 e. The zero-order valence-electron chi connectivity index (χ0n) is 10.3. The third kappa shape index (κ3) is 5.06. The molecule has 0 saturated heterocycles. The maximum atomic E-state index is 11.2. The lowest BCUT2D eigenvalue weighted by molar-refractivity contribution is 0.559. The van der Waals surface area contributed by atoms with E-state index in [9.17, 15) is 8.42 Å². The van der Waals surface area contributed by atoms with Gasteiger partial charge in [0.05, 0.1) is 5.75 Å². The standard InChI is InChI=1S/C12H18ClNO2S/c1-9-6-10(8-11(13)7-9)12(14-2)4-5-17(3,15)16/h6-8,12,14H,4-5H2,1-3H3. The van der Waals surface area contributed by atoms with Crippen LogP contribution in [0.3, 0.4) is 0 Å². The fourth-order valence-electron chi connectivity index (χ4n) is 1.78. The zero-order chi connectivity index (χ0) is 13.1. The molecule has 17 heavy (non-hydrogen) atoms. The van der Waals surface area contributed by atoms with Gasteiger partial charge in [-0.05, 0) is 43.7 Å². The number of hydrogen-bond acceptors (Lipinski definition) is 3. The summed E-state index contributed by atoms with van der Waals surface area (Å²) in [5, 5.41) is 3.80. The lowest BCUT2D eigenvalue weighted by Crippen LogP contribution is -2.20. The number of aryl methyl sites for hydroxylation is 1. The van der Waals surface area contributed by atoms with Crippen LogP contribution in [0.5, 0.6) is 0 Å². The van der Waals surface area contributed by atoms with Gasteiger partial charge < -0.3 is 5.32 Å². The SMILES string of the molecule is CNC(CCS(C)(=O)=O)c1cc(C)cc(Cl)c1. The first-order valence-corrected chi connectivity index (χ1v) is 7.88. The molecule has 0 saturated carbocycles. The van der Waals surface area contributed by atoms with Crippen molar-refractivity contribution in [3.8, 4) is 0 Å². The summed E-state index contributed by atoms with van der Waals surface area (Å²) in [6.07, 6.45) is 1.80. The van der Waals surface area contributed by atoms with Gasteiger partial charge in [-0.15, -0.1) is 0 Å². The first kappa shape index (κ1) is 14.5. The minimum atomic E-state index is -2.93. The summed E-state index contributed by atoms with van der Waals surface area (Å²) >= 11 is 6.00. The summed E-state index contributed by atoms with van der Waals surface area (Å²) in [7, 11) is -1.11. The molecule has 0 heterocycles. The molecule has 0 aliphatic carbocycles. The number of nitrogens with one attached hydrogen (secondary N) is 1. The Balaban J connectivity index is 2.86. The highest BCUT2D eigenvalue weighted by Crippen LogP contribution is 2.22. The fraction of sp³-hybridized carbons (Fsp3) is 0.500. The Morgan fingerprint density at radius 3 is 2.47 bits per heavy atom. The Labute approximate surface area is 108 Å². The van der Waals surface area contributed by atoms with E-state index in [1.165, 1.54) is 6.26 Å². The molecule has 0 radical (unpaired) electrons. The molecule has 0 aliphatic heterocycles. The monoisotopic (exact) mass is 275 g/mol. The first-order chi connectivity index (χ1) is 7.81. The Kier molecular flexibility index (Phi) is 4.98. The van der Waals surface area contributed by atoms with Gasteiger partial charge in [0, 0.05) is 17.3 Å². The molecule has 0 bridgehead atoms. The molecular formula is C12H18ClNO2S. The Bertz CT molecular complexity index is 465. The highest BCUT2D eigenvalue weighted by molar-refractivity contribution is 7.90. The summed E-state index contributed by atoms with van der Waals surface area (Å²) < 4.78 is 22.3. The van der Waals surface area contributed by atoms with Crippen LogP contribution in [0.25, 0.3) is 0 Å². The van der Waals surface area contributed by atoms with Crippen molar-refractivity contribution < 1.29 is 8.42 Å². The van der Waals surface area contributed by atoms with E-state index < -0.39 is 9.84 Å². The third-order valence-corrected chi connectivity index (χ3v) is 3.79. The van der Waals surface area contributed by atoms with Crippen molar-refractivity contribution in [2.75, 3.05) is 19.1 Å². The largest absolute Gasteiger partial charge is 0.313 e. The minimum absolute atomic E-state index is 0.0159. The number of benzene rings is 1. The molecular weight excluding hydrogens is 258 g/mol. The van der Waals surface area contributed by atoms with Crippen LogP contribution >= 0.6 is 11.6 Å². The van der Waals surface area contributed by atoms with Crippen molar-refractivity contribution in [1.29, 1.82) is 0 Å². The fourth-order valence-corrected chi connectivity index (χ4v) is 2.74. The van der Waals surface area contributed by atoms with Crippen LogP contribution < -0.4 is 5.32 Å². The zero-order valence-corrected chi connectivity index (χ0v) is 11.9. The average Bonchev–Trinajstić information content (AvgIpc) is 2.15. The van der Waals surface area contributed by atoms with Crippen LogP contribution in [0, 0.1) is 6.92 Å². The molecule has 1 atom stereocenters. The van der Waals surface area contributed by atoms with E-state index in [2.05, 4.69) is 5.32 Å². The highest BCUT2D eigenvalue weighted by atomic mass is 35.5. The van der Waals surface area contributed by atoms with E-state index in [0.717, 1.165) is 11.1 Å². The summed E-state index contributed by atoms with van der Waals surface area (Å²) in [4.78, 5) is 0. The van der Waals surface area contributed by atoms with Gasteiger partial charge in [-0.3, -0.25) is 0 Å². The molecule has 1 aromatic rings. The van der Waals surface area contributed by atoms with Crippen molar-refractivity contribution in [3.05, 3.63) is 34.3 Å². The molecule has 3 nitrogen and oxygen atoms in total. The lowest BCUT2D eigenvalue weighted by Gasteiger charge is -2.17. The second-order valence-corrected chi connectivity index (χ2v) is 7.02. The van der Waals surface area contributed by atoms with Gasteiger partial charge in [-0.2, -0.15) is 0 Å². The van der Waals surface area contributed by atoms with Gasteiger partial charge >= 0.3 is 0 Å². The van der Waals surface area contributed by atoms with Gasteiger partial charge in [-0.25, -0.2) is 8.42 Å². The molecule has 0 amide bonds. The van der Waals surface area contributed by atoms with Crippen LogP contribution in [0.15, 0.2) is 18.2 Å². The van der Waals surface area contributed by atoms with E-state index >= 15 is 0 Å². The Morgan fingerprint density at radius 2 is 2.00 bits per heavy atom. The number of hydrogen-bond donors (Lipinski definition) is 1. The van der Waals surface area contributed by atoms with E-state index in [1.807, 2.05) is 32.2 Å². The second kappa shape index (κ2) is 5.85. The molecule has 0 spiro atoms. The molecule has 0 aromatic heterocycles. The summed E-state index contributed by atoms with van der Waals surface area (Å²) in [5.41, 5.74) is 2.10. The Morgan fingerprint density at radius 1 is 1.35 bits per heavy atom. The molecule has 5 heteroatoms. The van der Waals surface area contributed by atoms with Gasteiger partial charge in [-0.1, -0.05) is 17.7 Å². The molecule has 0 aliphatic rings. The third-order valence-electron chi connectivity index (χ3n) is 2.59. The van der Waals surface area contributed by atoms with Crippen LogP contribution in [0.2, 0.25) is 5.02 Å². The van der Waals surface area contributed by atoms with Crippen LogP contribution in [-0.2, 0) is 9.84 Å². The number of sulfone groups is 1.